The average Bonchev–Trinajstić information content (AvgIpc) is 3.17. The van der Waals surface area contributed by atoms with Crippen LogP contribution in [0.25, 0.3) is 0 Å². The Morgan fingerprint density at radius 2 is 0.925 bits per heavy atom. The van der Waals surface area contributed by atoms with Crippen molar-refractivity contribution in [1.82, 2.24) is 16.0 Å². The standard InChI is InChI=1S/C43H53N3O7/c1-29(2)37(46-43(51)53-28-34-23-15-8-16-24-34)41(49)45-36(26-32-19-11-6-12-20-32)40(48)39(47)35(25-31-17-9-5-10-18-31)44-38(30(3)4)42(50)52-27-33-21-13-7-14-22-33/h5-24,29-30,35-40,44,47-48H,25-28H2,1-4H3,(H,45,49)(H,46,51)/t35-,36+,37?,38?,39-,40-/m1/s1. The molecule has 2 unspecified atom stereocenters. The minimum Gasteiger partial charge on any atom is -0.460 e. The lowest BCUT2D eigenvalue weighted by molar-refractivity contribution is -0.149. The molecule has 4 aromatic carbocycles. The summed E-state index contributed by atoms with van der Waals surface area (Å²) in [5.74, 6) is -1.58. The maximum atomic E-state index is 13.9. The number of carbonyl (C=O) groups is 3. The number of esters is 1. The Kier molecular flexibility index (Phi) is 16.0. The fraction of sp³-hybridized carbons (Fsp3) is 0.372. The van der Waals surface area contributed by atoms with E-state index >= 15 is 0 Å². The van der Waals surface area contributed by atoms with E-state index in [0.717, 1.165) is 22.3 Å². The first-order chi connectivity index (χ1) is 25.5. The van der Waals surface area contributed by atoms with Crippen LogP contribution in [-0.4, -0.2) is 64.6 Å². The van der Waals surface area contributed by atoms with Crippen LogP contribution in [0.15, 0.2) is 121 Å². The molecule has 0 aliphatic rings. The summed E-state index contributed by atoms with van der Waals surface area (Å²) in [6.45, 7) is 7.48. The third kappa shape index (κ3) is 13.2. The number of nitrogens with one attached hydrogen (secondary N) is 3. The van der Waals surface area contributed by atoms with Gasteiger partial charge in [-0.2, -0.15) is 0 Å². The highest BCUT2D eigenvalue weighted by Gasteiger charge is 2.38. The van der Waals surface area contributed by atoms with Crippen LogP contribution in [0.5, 0.6) is 0 Å². The minimum atomic E-state index is -1.49. The number of benzene rings is 4. The normalized spacial score (nSPS) is 14.7. The van der Waals surface area contributed by atoms with Gasteiger partial charge in [0.2, 0.25) is 5.91 Å². The summed E-state index contributed by atoms with van der Waals surface area (Å²) in [5.41, 5.74) is 3.34. The topological polar surface area (TPSA) is 146 Å². The van der Waals surface area contributed by atoms with Crippen molar-refractivity contribution < 1.29 is 34.1 Å². The molecule has 0 radical (unpaired) electrons. The minimum absolute atomic E-state index is 0.0353. The third-order valence-electron chi connectivity index (χ3n) is 9.07. The molecule has 282 valence electrons. The fourth-order valence-electron chi connectivity index (χ4n) is 6.03. The molecule has 10 heteroatoms. The molecule has 0 heterocycles. The Balaban J connectivity index is 1.55. The van der Waals surface area contributed by atoms with E-state index in [1.54, 1.807) is 13.8 Å². The zero-order valence-electron chi connectivity index (χ0n) is 30.9. The van der Waals surface area contributed by atoms with Gasteiger partial charge in [0.15, 0.2) is 0 Å². The summed E-state index contributed by atoms with van der Waals surface area (Å²) in [6.07, 6.45) is -3.25. The Morgan fingerprint density at radius 3 is 1.38 bits per heavy atom. The zero-order chi connectivity index (χ0) is 38.2. The molecule has 0 spiro atoms. The predicted octanol–water partition coefficient (Wildman–Crippen LogP) is 5.36. The molecule has 2 amide bonds. The van der Waals surface area contributed by atoms with Gasteiger partial charge in [-0.25, -0.2) is 4.79 Å². The smallest absolute Gasteiger partial charge is 0.408 e. The summed E-state index contributed by atoms with van der Waals surface area (Å²) in [5, 5.41) is 32.9. The van der Waals surface area contributed by atoms with Gasteiger partial charge >= 0.3 is 12.1 Å². The van der Waals surface area contributed by atoms with Crippen molar-refractivity contribution >= 4 is 18.0 Å². The number of hydrogen-bond acceptors (Lipinski definition) is 8. The fourth-order valence-corrected chi connectivity index (χ4v) is 6.03. The summed E-state index contributed by atoms with van der Waals surface area (Å²) in [6, 6.07) is 33.7. The first-order valence-corrected chi connectivity index (χ1v) is 18.2. The Labute approximate surface area is 312 Å². The number of amides is 2. The molecule has 0 fully saturated rings. The number of rotatable bonds is 19. The highest BCUT2D eigenvalue weighted by molar-refractivity contribution is 5.86. The Hall–Kier alpha value is -5.03. The van der Waals surface area contributed by atoms with E-state index in [1.807, 2.05) is 135 Å². The van der Waals surface area contributed by atoms with Crippen molar-refractivity contribution in [2.45, 2.75) is 90.1 Å². The molecule has 6 atom stereocenters. The number of carbonyl (C=O) groups excluding carboxylic acids is 3. The first kappa shape index (κ1) is 40.7. The van der Waals surface area contributed by atoms with Gasteiger partial charge in [0, 0.05) is 6.04 Å². The third-order valence-corrected chi connectivity index (χ3v) is 9.07. The van der Waals surface area contributed by atoms with Gasteiger partial charge in [0.1, 0.15) is 31.4 Å². The SMILES string of the molecule is CC(C)C(NC(=O)OCc1ccccc1)C(=O)N[C@@H](Cc1ccccc1)[C@@H](O)[C@H](O)[C@@H](Cc1ccccc1)NC(C(=O)OCc1ccccc1)C(C)C. The predicted molar refractivity (Wildman–Crippen MR) is 204 cm³/mol. The number of aliphatic hydroxyl groups is 2. The van der Waals surface area contributed by atoms with Crippen molar-refractivity contribution in [3.05, 3.63) is 144 Å². The molecule has 0 aromatic heterocycles. The molecule has 0 saturated heterocycles. The van der Waals surface area contributed by atoms with Gasteiger partial charge in [-0.3, -0.25) is 14.9 Å². The van der Waals surface area contributed by atoms with Gasteiger partial charge < -0.3 is 30.3 Å². The summed E-state index contributed by atoms with van der Waals surface area (Å²) >= 11 is 0. The van der Waals surface area contributed by atoms with Gasteiger partial charge in [-0.1, -0.05) is 149 Å². The first-order valence-electron chi connectivity index (χ1n) is 18.2. The lowest BCUT2D eigenvalue weighted by Crippen LogP contribution is -2.61. The maximum Gasteiger partial charge on any atom is 0.408 e. The largest absolute Gasteiger partial charge is 0.460 e. The second-order valence-corrected chi connectivity index (χ2v) is 14.0. The van der Waals surface area contributed by atoms with Crippen LogP contribution in [0.4, 0.5) is 4.79 Å². The summed E-state index contributed by atoms with van der Waals surface area (Å²) < 4.78 is 11.1. The molecule has 0 aliphatic carbocycles. The molecular weight excluding hydrogens is 670 g/mol. The van der Waals surface area contributed by atoms with Crippen LogP contribution >= 0.6 is 0 Å². The molecule has 0 aliphatic heterocycles. The number of alkyl carbamates (subject to hydrolysis) is 1. The van der Waals surface area contributed by atoms with Crippen LogP contribution in [-0.2, 0) is 45.1 Å². The molecule has 5 N–H and O–H groups in total. The molecule has 0 bridgehead atoms. The Morgan fingerprint density at radius 1 is 0.528 bits per heavy atom. The zero-order valence-corrected chi connectivity index (χ0v) is 30.9. The molecule has 53 heavy (non-hydrogen) atoms. The van der Waals surface area contributed by atoms with Gasteiger partial charge in [-0.05, 0) is 46.9 Å². The lowest BCUT2D eigenvalue weighted by Gasteiger charge is -2.36. The molecule has 10 nitrogen and oxygen atoms in total. The second-order valence-electron chi connectivity index (χ2n) is 14.0. The van der Waals surface area contributed by atoms with Gasteiger partial charge in [0.25, 0.3) is 0 Å². The second kappa shape index (κ2) is 20.9. The average molecular weight is 724 g/mol. The van der Waals surface area contributed by atoms with E-state index in [2.05, 4.69) is 16.0 Å². The van der Waals surface area contributed by atoms with E-state index < -0.39 is 54.3 Å². The molecule has 4 rings (SSSR count). The summed E-state index contributed by atoms with van der Waals surface area (Å²) in [7, 11) is 0. The number of ether oxygens (including phenoxy) is 2. The highest BCUT2D eigenvalue weighted by atomic mass is 16.5. The quantitative estimate of drug-likeness (QED) is 0.0814. The van der Waals surface area contributed by atoms with E-state index in [9.17, 15) is 24.6 Å². The van der Waals surface area contributed by atoms with Crippen LogP contribution < -0.4 is 16.0 Å². The van der Waals surface area contributed by atoms with Crippen molar-refractivity contribution in [1.29, 1.82) is 0 Å². The number of hydrogen-bond donors (Lipinski definition) is 5. The van der Waals surface area contributed by atoms with Crippen LogP contribution in [0, 0.1) is 11.8 Å². The molecular formula is C43H53N3O7. The number of aliphatic hydroxyl groups excluding tert-OH is 2. The van der Waals surface area contributed by atoms with E-state index in [-0.39, 0.29) is 37.9 Å². The van der Waals surface area contributed by atoms with E-state index in [1.165, 1.54) is 0 Å². The molecule has 4 aromatic rings. The van der Waals surface area contributed by atoms with Crippen molar-refractivity contribution in [2.24, 2.45) is 11.8 Å². The monoisotopic (exact) mass is 723 g/mol. The van der Waals surface area contributed by atoms with Crippen LogP contribution in [0.2, 0.25) is 0 Å². The van der Waals surface area contributed by atoms with Crippen molar-refractivity contribution in [3.63, 3.8) is 0 Å². The lowest BCUT2D eigenvalue weighted by atomic mass is 9.89. The van der Waals surface area contributed by atoms with Crippen LogP contribution in [0.1, 0.15) is 49.9 Å². The van der Waals surface area contributed by atoms with E-state index in [4.69, 9.17) is 9.47 Å². The van der Waals surface area contributed by atoms with Gasteiger partial charge in [0.05, 0.1) is 12.1 Å². The van der Waals surface area contributed by atoms with E-state index in [0.29, 0.717) is 0 Å². The molecule has 0 saturated carbocycles. The van der Waals surface area contributed by atoms with Crippen molar-refractivity contribution in [3.8, 4) is 0 Å². The van der Waals surface area contributed by atoms with Crippen LogP contribution in [0.3, 0.4) is 0 Å². The maximum absolute atomic E-state index is 13.9. The van der Waals surface area contributed by atoms with Gasteiger partial charge in [-0.15, -0.1) is 0 Å². The van der Waals surface area contributed by atoms with Crippen molar-refractivity contribution in [2.75, 3.05) is 0 Å². The highest BCUT2D eigenvalue weighted by Crippen LogP contribution is 2.18. The Bertz CT molecular complexity index is 1670. The summed E-state index contributed by atoms with van der Waals surface area (Å²) in [4.78, 5) is 40.2.